The molecule has 0 atom stereocenters. The van der Waals surface area contributed by atoms with E-state index in [9.17, 15) is 9.18 Å². The van der Waals surface area contributed by atoms with Crippen molar-refractivity contribution < 1.29 is 9.18 Å². The third kappa shape index (κ3) is 2.36. The van der Waals surface area contributed by atoms with Gasteiger partial charge in [-0.25, -0.2) is 4.98 Å². The van der Waals surface area contributed by atoms with E-state index in [4.69, 9.17) is 5.73 Å². The highest BCUT2D eigenvalue weighted by Crippen LogP contribution is 2.36. The SMILES string of the molecule is NC1=NCC(=O)N2CCc3c(cccc3-c3ccnc(F)c3)C2=C1. The van der Waals surface area contributed by atoms with Gasteiger partial charge in [-0.3, -0.25) is 9.79 Å². The smallest absolute Gasteiger partial charge is 0.248 e. The van der Waals surface area contributed by atoms with Crippen LogP contribution in [0.3, 0.4) is 0 Å². The Morgan fingerprint density at radius 3 is 2.88 bits per heavy atom. The number of pyridine rings is 1. The quantitative estimate of drug-likeness (QED) is 0.816. The van der Waals surface area contributed by atoms with Gasteiger partial charge in [-0.2, -0.15) is 4.39 Å². The van der Waals surface area contributed by atoms with Gasteiger partial charge >= 0.3 is 0 Å². The molecule has 1 aromatic heterocycles. The number of aliphatic imine (C=N–C) groups is 1. The molecule has 0 bridgehead atoms. The number of amidine groups is 1. The minimum absolute atomic E-state index is 0.0623. The number of nitrogens with two attached hydrogens (primary N) is 1. The highest BCUT2D eigenvalue weighted by molar-refractivity contribution is 6.05. The summed E-state index contributed by atoms with van der Waals surface area (Å²) in [5.41, 5.74) is 10.4. The molecule has 5 nitrogen and oxygen atoms in total. The lowest BCUT2D eigenvalue weighted by atomic mass is 9.89. The first-order valence-electron chi connectivity index (χ1n) is 7.69. The molecule has 0 fully saturated rings. The van der Waals surface area contributed by atoms with Gasteiger partial charge in [-0.15, -0.1) is 0 Å². The number of hydrogen-bond donors (Lipinski definition) is 1. The summed E-state index contributed by atoms with van der Waals surface area (Å²) in [6, 6.07) is 9.03. The third-order valence-electron chi connectivity index (χ3n) is 4.35. The number of benzene rings is 1. The number of rotatable bonds is 1. The number of carbonyl (C=O) groups excluding carboxylic acids is 1. The fourth-order valence-corrected chi connectivity index (χ4v) is 3.27. The van der Waals surface area contributed by atoms with Gasteiger partial charge in [-0.1, -0.05) is 18.2 Å². The zero-order valence-electron chi connectivity index (χ0n) is 12.9. The molecule has 1 amide bonds. The highest BCUT2D eigenvalue weighted by Gasteiger charge is 2.28. The second-order valence-electron chi connectivity index (χ2n) is 5.76. The Morgan fingerprint density at radius 1 is 1.21 bits per heavy atom. The Morgan fingerprint density at radius 2 is 2.04 bits per heavy atom. The highest BCUT2D eigenvalue weighted by atomic mass is 19.1. The first-order valence-corrected chi connectivity index (χ1v) is 7.69. The molecule has 0 aliphatic carbocycles. The maximum Gasteiger partial charge on any atom is 0.248 e. The molecule has 0 saturated carbocycles. The minimum atomic E-state index is -0.511. The van der Waals surface area contributed by atoms with Crippen molar-refractivity contribution in [3.05, 3.63) is 59.7 Å². The average Bonchev–Trinajstić information content (AvgIpc) is 2.73. The van der Waals surface area contributed by atoms with Crippen molar-refractivity contribution in [1.29, 1.82) is 0 Å². The standard InChI is InChI=1S/C18H15FN4O/c19-16-8-11(4-6-21-16)12-2-1-3-14-13(12)5-7-23-15(14)9-17(20)22-10-18(23)24/h1-4,6,8-9H,5,7,10H2,(H2,20,22). The van der Waals surface area contributed by atoms with Crippen molar-refractivity contribution in [3.63, 3.8) is 0 Å². The zero-order chi connectivity index (χ0) is 16.7. The van der Waals surface area contributed by atoms with E-state index in [1.54, 1.807) is 17.0 Å². The molecule has 2 aliphatic rings. The number of carbonyl (C=O) groups is 1. The van der Waals surface area contributed by atoms with Gasteiger partial charge in [0.05, 0.1) is 5.70 Å². The monoisotopic (exact) mass is 322 g/mol. The van der Waals surface area contributed by atoms with Crippen LogP contribution in [0.1, 0.15) is 11.1 Å². The molecular weight excluding hydrogens is 307 g/mol. The van der Waals surface area contributed by atoms with E-state index in [0.717, 1.165) is 28.0 Å². The summed E-state index contributed by atoms with van der Waals surface area (Å²) < 4.78 is 13.5. The summed E-state index contributed by atoms with van der Waals surface area (Å²) in [6.45, 7) is 0.626. The molecule has 2 aliphatic heterocycles. The van der Waals surface area contributed by atoms with E-state index in [1.807, 2.05) is 18.2 Å². The van der Waals surface area contributed by atoms with Gasteiger partial charge in [0.25, 0.3) is 0 Å². The van der Waals surface area contributed by atoms with Gasteiger partial charge in [0.15, 0.2) is 0 Å². The average molecular weight is 322 g/mol. The molecule has 6 heteroatoms. The molecule has 4 rings (SSSR count). The van der Waals surface area contributed by atoms with Crippen molar-refractivity contribution >= 4 is 17.4 Å². The van der Waals surface area contributed by atoms with Crippen LogP contribution in [-0.4, -0.2) is 34.7 Å². The predicted molar refractivity (Wildman–Crippen MR) is 89.5 cm³/mol. The topological polar surface area (TPSA) is 71.6 Å². The maximum atomic E-state index is 13.5. The summed E-state index contributed by atoms with van der Waals surface area (Å²) in [5, 5.41) is 0. The van der Waals surface area contributed by atoms with Crippen molar-refractivity contribution in [1.82, 2.24) is 9.88 Å². The van der Waals surface area contributed by atoms with Crippen LogP contribution in [0.25, 0.3) is 16.8 Å². The first-order chi connectivity index (χ1) is 11.6. The van der Waals surface area contributed by atoms with Crippen LogP contribution in [-0.2, 0) is 11.2 Å². The summed E-state index contributed by atoms with van der Waals surface area (Å²) in [5.74, 6) is -0.232. The maximum absolute atomic E-state index is 13.5. The second-order valence-corrected chi connectivity index (χ2v) is 5.76. The lowest BCUT2D eigenvalue weighted by Crippen LogP contribution is -2.36. The normalized spacial score (nSPS) is 16.7. The van der Waals surface area contributed by atoms with Gasteiger partial charge in [0.2, 0.25) is 11.9 Å². The first kappa shape index (κ1) is 14.6. The number of amides is 1. The van der Waals surface area contributed by atoms with Crippen molar-refractivity contribution in [2.75, 3.05) is 13.1 Å². The van der Waals surface area contributed by atoms with Crippen LogP contribution in [0.15, 0.2) is 47.6 Å². The Kier molecular flexibility index (Phi) is 3.37. The molecule has 0 unspecified atom stereocenters. The minimum Gasteiger partial charge on any atom is -0.384 e. The van der Waals surface area contributed by atoms with Crippen LogP contribution >= 0.6 is 0 Å². The van der Waals surface area contributed by atoms with Gasteiger partial charge < -0.3 is 10.6 Å². The second kappa shape index (κ2) is 5.56. The lowest BCUT2D eigenvalue weighted by Gasteiger charge is -2.31. The van der Waals surface area contributed by atoms with Gasteiger partial charge in [0.1, 0.15) is 12.4 Å². The lowest BCUT2D eigenvalue weighted by molar-refractivity contribution is -0.126. The van der Waals surface area contributed by atoms with E-state index in [1.165, 1.54) is 12.3 Å². The Bertz CT molecular complexity index is 904. The molecule has 1 aromatic carbocycles. The molecule has 0 spiro atoms. The largest absolute Gasteiger partial charge is 0.384 e. The van der Waals surface area contributed by atoms with E-state index in [2.05, 4.69) is 9.98 Å². The number of fused-ring (bicyclic) bond motifs is 3. The van der Waals surface area contributed by atoms with Crippen LogP contribution in [0, 0.1) is 5.95 Å². The van der Waals surface area contributed by atoms with E-state index >= 15 is 0 Å². The molecule has 24 heavy (non-hydrogen) atoms. The van der Waals surface area contributed by atoms with E-state index < -0.39 is 5.95 Å². The summed E-state index contributed by atoms with van der Waals surface area (Å²) >= 11 is 0. The van der Waals surface area contributed by atoms with Gasteiger partial charge in [-0.05, 0) is 29.2 Å². The van der Waals surface area contributed by atoms with Crippen LogP contribution in [0.2, 0.25) is 0 Å². The number of hydrogen-bond acceptors (Lipinski definition) is 4. The molecule has 0 radical (unpaired) electrons. The Hall–Kier alpha value is -3.02. The van der Waals surface area contributed by atoms with Crippen LogP contribution in [0.4, 0.5) is 4.39 Å². The van der Waals surface area contributed by atoms with Crippen molar-refractivity contribution in [2.45, 2.75) is 6.42 Å². The molecule has 3 heterocycles. The summed E-state index contributed by atoms with van der Waals surface area (Å²) in [7, 11) is 0. The summed E-state index contributed by atoms with van der Waals surface area (Å²) in [6.07, 6.45) is 3.89. The van der Waals surface area contributed by atoms with Crippen LogP contribution in [0.5, 0.6) is 0 Å². The molecule has 120 valence electrons. The zero-order valence-corrected chi connectivity index (χ0v) is 12.9. The van der Waals surface area contributed by atoms with E-state index in [-0.39, 0.29) is 12.5 Å². The fraction of sp³-hybridized carbons (Fsp3) is 0.167. The number of halogens is 1. The Balaban J connectivity index is 1.89. The third-order valence-corrected chi connectivity index (χ3v) is 4.35. The van der Waals surface area contributed by atoms with E-state index in [0.29, 0.717) is 18.8 Å². The summed E-state index contributed by atoms with van der Waals surface area (Å²) in [4.78, 5) is 21.7. The van der Waals surface area contributed by atoms with Gasteiger partial charge in [0, 0.05) is 30.4 Å². The molecule has 2 aromatic rings. The molecule has 2 N–H and O–H groups in total. The predicted octanol–water partition coefficient (Wildman–Crippen LogP) is 1.98. The fourth-order valence-electron chi connectivity index (χ4n) is 3.27. The number of nitrogens with zero attached hydrogens (tertiary/aromatic N) is 3. The Labute approximate surface area is 138 Å². The molecular formula is C18H15FN4O. The van der Waals surface area contributed by atoms with Crippen molar-refractivity contribution in [3.8, 4) is 11.1 Å². The molecule has 0 saturated heterocycles. The van der Waals surface area contributed by atoms with Crippen molar-refractivity contribution in [2.24, 2.45) is 10.7 Å². The number of aromatic nitrogens is 1. The van der Waals surface area contributed by atoms with Crippen LogP contribution < -0.4 is 5.73 Å².